The number of benzene rings is 1. The summed E-state index contributed by atoms with van der Waals surface area (Å²) in [4.78, 5) is 23.3. The molecule has 1 saturated heterocycles. The Hall–Kier alpha value is -2.08. The average molecular weight is 275 g/mol. The molecule has 106 valence electrons. The van der Waals surface area contributed by atoms with Gasteiger partial charge < -0.3 is 20.7 Å². The molecule has 3 rings (SSSR count). The Kier molecular flexibility index (Phi) is 3.31. The van der Waals surface area contributed by atoms with E-state index in [-0.39, 0.29) is 24.3 Å². The molecule has 20 heavy (non-hydrogen) atoms. The van der Waals surface area contributed by atoms with Crippen molar-refractivity contribution in [3.8, 4) is 5.75 Å². The molecule has 6 heteroatoms. The van der Waals surface area contributed by atoms with Crippen LogP contribution in [0.25, 0.3) is 0 Å². The lowest BCUT2D eigenvalue weighted by Gasteiger charge is -2.31. The van der Waals surface area contributed by atoms with Gasteiger partial charge in [-0.1, -0.05) is 6.92 Å². The number of rotatable bonds is 3. The van der Waals surface area contributed by atoms with E-state index in [4.69, 9.17) is 4.74 Å². The highest BCUT2D eigenvalue weighted by atomic mass is 16.5. The van der Waals surface area contributed by atoms with Crippen LogP contribution in [0, 0.1) is 11.8 Å². The molecule has 2 aliphatic heterocycles. The van der Waals surface area contributed by atoms with Crippen molar-refractivity contribution in [1.29, 1.82) is 0 Å². The fraction of sp³-hybridized carbons (Fsp3) is 0.429. The van der Waals surface area contributed by atoms with E-state index >= 15 is 0 Å². The lowest BCUT2D eigenvalue weighted by atomic mass is 9.88. The maximum atomic E-state index is 12.1. The van der Waals surface area contributed by atoms with E-state index in [2.05, 4.69) is 16.0 Å². The highest BCUT2D eigenvalue weighted by molar-refractivity contribution is 5.97. The molecule has 1 aromatic rings. The van der Waals surface area contributed by atoms with Crippen LogP contribution in [-0.2, 0) is 9.59 Å². The number of nitrogens with one attached hydrogen (secondary N) is 3. The minimum atomic E-state index is -0.166. The summed E-state index contributed by atoms with van der Waals surface area (Å²) in [6, 6.07) is 5.23. The van der Waals surface area contributed by atoms with Crippen LogP contribution < -0.4 is 20.7 Å². The molecular formula is C14H17N3O3. The Labute approximate surface area is 116 Å². The lowest BCUT2D eigenvalue weighted by Crippen LogP contribution is -2.48. The maximum Gasteiger partial charge on any atom is 0.262 e. The summed E-state index contributed by atoms with van der Waals surface area (Å²) in [6.45, 7) is 3.74. The minimum absolute atomic E-state index is 0.00848. The van der Waals surface area contributed by atoms with Crippen LogP contribution in [0.15, 0.2) is 18.2 Å². The zero-order chi connectivity index (χ0) is 14.1. The van der Waals surface area contributed by atoms with Crippen molar-refractivity contribution in [2.45, 2.75) is 6.92 Å². The fourth-order valence-electron chi connectivity index (χ4n) is 2.29. The van der Waals surface area contributed by atoms with Crippen molar-refractivity contribution in [3.05, 3.63) is 18.2 Å². The summed E-state index contributed by atoms with van der Waals surface area (Å²) >= 11 is 0. The van der Waals surface area contributed by atoms with Crippen LogP contribution in [0.4, 0.5) is 11.4 Å². The molecule has 0 spiro atoms. The number of amides is 2. The molecule has 1 aromatic carbocycles. The molecule has 1 unspecified atom stereocenters. The number of anilines is 2. The highest BCUT2D eigenvalue weighted by Gasteiger charge is 2.28. The van der Waals surface area contributed by atoms with Gasteiger partial charge in [-0.15, -0.1) is 0 Å². The van der Waals surface area contributed by atoms with Crippen molar-refractivity contribution < 1.29 is 14.3 Å². The Morgan fingerprint density at radius 2 is 2.25 bits per heavy atom. The number of fused-ring (bicyclic) bond motifs is 1. The molecule has 0 aliphatic carbocycles. The van der Waals surface area contributed by atoms with E-state index in [0.29, 0.717) is 23.0 Å². The number of hydrogen-bond donors (Lipinski definition) is 3. The van der Waals surface area contributed by atoms with Crippen LogP contribution >= 0.6 is 0 Å². The van der Waals surface area contributed by atoms with Gasteiger partial charge in [-0.2, -0.15) is 0 Å². The van der Waals surface area contributed by atoms with Gasteiger partial charge in [0.2, 0.25) is 5.91 Å². The zero-order valence-corrected chi connectivity index (χ0v) is 11.2. The number of carbonyl (C=O) groups excluding carboxylic acids is 2. The second-order valence-corrected chi connectivity index (χ2v) is 5.24. The van der Waals surface area contributed by atoms with Gasteiger partial charge in [0.25, 0.3) is 5.91 Å². The van der Waals surface area contributed by atoms with Gasteiger partial charge in [-0.05, 0) is 31.1 Å². The monoisotopic (exact) mass is 275 g/mol. The van der Waals surface area contributed by atoms with Crippen molar-refractivity contribution in [2.24, 2.45) is 11.8 Å². The van der Waals surface area contributed by atoms with Crippen molar-refractivity contribution >= 4 is 23.2 Å². The van der Waals surface area contributed by atoms with Gasteiger partial charge in [-0.25, -0.2) is 0 Å². The van der Waals surface area contributed by atoms with E-state index in [0.717, 1.165) is 13.1 Å². The summed E-state index contributed by atoms with van der Waals surface area (Å²) < 4.78 is 5.32. The van der Waals surface area contributed by atoms with Crippen molar-refractivity contribution in [3.63, 3.8) is 0 Å². The van der Waals surface area contributed by atoms with Crippen LogP contribution in [-0.4, -0.2) is 31.5 Å². The quantitative estimate of drug-likeness (QED) is 0.762. The molecule has 0 saturated carbocycles. The average Bonchev–Trinajstić information content (AvgIpc) is 2.37. The van der Waals surface area contributed by atoms with E-state index in [9.17, 15) is 9.59 Å². The first kappa shape index (κ1) is 12.9. The molecule has 3 N–H and O–H groups in total. The van der Waals surface area contributed by atoms with Crippen LogP contribution in [0.3, 0.4) is 0 Å². The van der Waals surface area contributed by atoms with E-state index < -0.39 is 0 Å². The van der Waals surface area contributed by atoms with Crippen LogP contribution in [0.1, 0.15) is 6.92 Å². The first-order chi connectivity index (χ1) is 9.63. The lowest BCUT2D eigenvalue weighted by molar-refractivity contribution is -0.121. The normalized spacial score (nSPS) is 19.1. The molecule has 2 aliphatic rings. The molecule has 6 nitrogen and oxygen atoms in total. The molecule has 0 aromatic heterocycles. The SMILES string of the molecule is CC(C(=O)Nc1ccc2c(c1)OCC(=O)N2)C1CNC1. The Bertz CT molecular complexity index is 555. The predicted molar refractivity (Wildman–Crippen MR) is 74.7 cm³/mol. The van der Waals surface area contributed by atoms with E-state index in [1.54, 1.807) is 18.2 Å². The van der Waals surface area contributed by atoms with Crippen molar-refractivity contribution in [2.75, 3.05) is 30.3 Å². The molecular weight excluding hydrogens is 258 g/mol. The second-order valence-electron chi connectivity index (χ2n) is 5.24. The fourth-order valence-corrected chi connectivity index (χ4v) is 2.29. The second kappa shape index (κ2) is 5.13. The van der Waals surface area contributed by atoms with Crippen LogP contribution in [0.5, 0.6) is 5.75 Å². The van der Waals surface area contributed by atoms with Crippen molar-refractivity contribution in [1.82, 2.24) is 5.32 Å². The minimum Gasteiger partial charge on any atom is -0.482 e. The van der Waals surface area contributed by atoms with E-state index in [1.165, 1.54) is 0 Å². The third-order valence-corrected chi connectivity index (χ3v) is 3.82. The van der Waals surface area contributed by atoms with Gasteiger partial charge in [0.1, 0.15) is 5.75 Å². The smallest absolute Gasteiger partial charge is 0.262 e. The summed E-state index contributed by atoms with van der Waals surface area (Å²) in [7, 11) is 0. The van der Waals surface area contributed by atoms with Gasteiger partial charge in [0.05, 0.1) is 5.69 Å². The molecule has 2 amide bonds. The maximum absolute atomic E-state index is 12.1. The first-order valence-corrected chi connectivity index (χ1v) is 6.72. The van der Waals surface area contributed by atoms with E-state index in [1.807, 2.05) is 6.92 Å². The highest BCUT2D eigenvalue weighted by Crippen LogP contribution is 2.31. The Morgan fingerprint density at radius 1 is 1.45 bits per heavy atom. The molecule has 1 atom stereocenters. The predicted octanol–water partition coefficient (Wildman–Crippen LogP) is 0.811. The topological polar surface area (TPSA) is 79.5 Å². The number of carbonyl (C=O) groups is 2. The van der Waals surface area contributed by atoms with Gasteiger partial charge in [0, 0.05) is 17.7 Å². The van der Waals surface area contributed by atoms with Gasteiger partial charge in [-0.3, -0.25) is 9.59 Å². The molecule has 0 bridgehead atoms. The Balaban J connectivity index is 1.68. The number of ether oxygens (including phenoxy) is 1. The van der Waals surface area contributed by atoms with Crippen LogP contribution in [0.2, 0.25) is 0 Å². The molecule has 1 fully saturated rings. The first-order valence-electron chi connectivity index (χ1n) is 6.72. The largest absolute Gasteiger partial charge is 0.482 e. The number of hydrogen-bond acceptors (Lipinski definition) is 4. The Morgan fingerprint density at radius 3 is 2.95 bits per heavy atom. The summed E-state index contributed by atoms with van der Waals surface area (Å²) in [6.07, 6.45) is 0. The summed E-state index contributed by atoms with van der Waals surface area (Å²) in [5, 5.41) is 8.77. The van der Waals surface area contributed by atoms with Gasteiger partial charge >= 0.3 is 0 Å². The zero-order valence-electron chi connectivity index (χ0n) is 11.2. The molecule has 0 radical (unpaired) electrons. The van der Waals surface area contributed by atoms with Gasteiger partial charge in [0.15, 0.2) is 6.61 Å². The molecule has 2 heterocycles. The summed E-state index contributed by atoms with van der Waals surface area (Å²) in [5.41, 5.74) is 1.32. The third-order valence-electron chi connectivity index (χ3n) is 3.82. The third kappa shape index (κ3) is 2.46. The standard InChI is InChI=1S/C14H17N3O3/c1-8(9-5-15-6-9)14(19)16-10-2-3-11-12(4-10)20-7-13(18)17-11/h2-4,8-9,15H,5-7H2,1H3,(H,16,19)(H,17,18). The summed E-state index contributed by atoms with van der Waals surface area (Å²) in [5.74, 6) is 0.813.